The van der Waals surface area contributed by atoms with Crippen LogP contribution >= 0.6 is 0 Å². The van der Waals surface area contributed by atoms with E-state index < -0.39 is 0 Å². The van der Waals surface area contributed by atoms with E-state index in [1.807, 2.05) is 0 Å². The van der Waals surface area contributed by atoms with E-state index in [4.69, 9.17) is 4.79 Å². The maximum absolute atomic E-state index is 10.1. The Kier molecular flexibility index (Phi) is 18.2. The maximum Gasteiger partial charge on any atom is 0.218 e. The fourth-order valence-electron chi connectivity index (χ4n) is 0. The van der Waals surface area contributed by atoms with Crippen LogP contribution in [-0.4, -0.2) is 56.7 Å². The Balaban J connectivity index is -0.000000138. The van der Waals surface area contributed by atoms with Crippen molar-refractivity contribution in [3.8, 4) is 0 Å². The molecule has 0 rings (SSSR count). The van der Waals surface area contributed by atoms with Crippen molar-refractivity contribution in [3.63, 3.8) is 0 Å². The van der Waals surface area contributed by atoms with Gasteiger partial charge in [-0.05, 0) is 0 Å². The molecule has 0 aliphatic heterocycles. The smallest absolute Gasteiger partial charge is 0.218 e. The van der Waals surface area contributed by atoms with Crippen LogP contribution in [0.3, 0.4) is 0 Å². The van der Waals surface area contributed by atoms with Crippen molar-refractivity contribution in [1.82, 2.24) is 9.80 Å². The molecule has 84 valence electrons. The molecular weight excluding hydrogens is 186 g/mol. The zero-order valence-corrected chi connectivity index (χ0v) is 9.35. The summed E-state index contributed by atoms with van der Waals surface area (Å²) in [5.41, 5.74) is 4.17. The molecule has 0 aromatic heterocycles. The molecule has 6 heteroatoms. The van der Waals surface area contributed by atoms with E-state index in [-0.39, 0.29) is 12.3 Å². The second-order valence-electron chi connectivity index (χ2n) is 2.62. The fourth-order valence-corrected chi connectivity index (χ4v) is 0. The van der Waals surface area contributed by atoms with Crippen LogP contribution < -0.4 is 5.73 Å². The lowest BCUT2D eigenvalue weighted by atomic mass is 10.7. The second-order valence-corrected chi connectivity index (χ2v) is 2.62. The number of primary amides is 1. The molecule has 0 aliphatic carbocycles. The van der Waals surface area contributed by atoms with Crippen molar-refractivity contribution < 1.29 is 14.4 Å². The molecule has 0 bridgehead atoms. The molecule has 0 heterocycles. The van der Waals surface area contributed by atoms with Gasteiger partial charge in [-0.1, -0.05) is 0 Å². The standard InChI is InChI=1S/C4H9NO.C3H7NO.CH3NO/c1-4(6)5(2)3;1-4(2)3-5;2-1-3/h1-3H3;3H,1-2H3;1H,(H2,2,3). The van der Waals surface area contributed by atoms with Crippen molar-refractivity contribution in [2.45, 2.75) is 6.92 Å². The molecule has 3 amide bonds. The number of hydrogen-bond acceptors (Lipinski definition) is 3. The first-order chi connectivity index (χ1) is 6.33. The molecule has 6 nitrogen and oxygen atoms in total. The number of rotatable bonds is 1. The normalized spacial score (nSPS) is 6.64. The lowest BCUT2D eigenvalue weighted by Crippen LogP contribution is -2.17. The number of nitrogens with zero attached hydrogens (tertiary/aromatic N) is 2. The zero-order valence-electron chi connectivity index (χ0n) is 9.35. The lowest BCUT2D eigenvalue weighted by Gasteiger charge is -2.02. The van der Waals surface area contributed by atoms with Crippen molar-refractivity contribution in [1.29, 1.82) is 0 Å². The number of hydrogen-bond donors (Lipinski definition) is 1. The molecule has 14 heavy (non-hydrogen) atoms. The van der Waals surface area contributed by atoms with Crippen LogP contribution in [0.25, 0.3) is 0 Å². The summed E-state index contributed by atoms with van der Waals surface area (Å²) < 4.78 is 0. The number of nitrogens with two attached hydrogens (primary N) is 1. The largest absolute Gasteiger partial charge is 0.372 e. The summed E-state index contributed by atoms with van der Waals surface area (Å²) in [6.45, 7) is 1.53. The Labute approximate surface area is 84.6 Å². The van der Waals surface area contributed by atoms with Gasteiger partial charge in [0, 0.05) is 35.1 Å². The SMILES string of the molecule is CC(=O)N(C)C.CN(C)C=O.NC=O. The predicted octanol–water partition coefficient (Wildman–Crippen LogP) is -1.10. The summed E-state index contributed by atoms with van der Waals surface area (Å²) >= 11 is 0. The minimum Gasteiger partial charge on any atom is -0.372 e. The zero-order chi connectivity index (χ0) is 12.1. The predicted molar refractivity (Wildman–Crippen MR) is 54.4 cm³/mol. The molecule has 0 unspecified atom stereocenters. The minimum atomic E-state index is 0.0926. The van der Waals surface area contributed by atoms with Gasteiger partial charge in [-0.3, -0.25) is 14.4 Å². The summed E-state index contributed by atoms with van der Waals surface area (Å²) in [6, 6.07) is 0. The highest BCUT2D eigenvalue weighted by Crippen LogP contribution is 1.69. The van der Waals surface area contributed by atoms with Gasteiger partial charge in [0.05, 0.1) is 0 Å². The van der Waals surface area contributed by atoms with Crippen LogP contribution in [0.15, 0.2) is 0 Å². The molecule has 0 fully saturated rings. The summed E-state index contributed by atoms with van der Waals surface area (Å²) in [4.78, 5) is 31.1. The van der Waals surface area contributed by atoms with Crippen LogP contribution in [0.1, 0.15) is 6.92 Å². The average Bonchev–Trinajstić information content (AvgIpc) is 2.06. The van der Waals surface area contributed by atoms with Gasteiger partial charge in [0.25, 0.3) is 0 Å². The van der Waals surface area contributed by atoms with Gasteiger partial charge in [-0.25, -0.2) is 0 Å². The highest BCUT2D eigenvalue weighted by atomic mass is 16.2. The van der Waals surface area contributed by atoms with E-state index in [2.05, 4.69) is 5.73 Å². The molecule has 0 aliphatic rings. The van der Waals surface area contributed by atoms with Crippen LogP contribution in [0, 0.1) is 0 Å². The molecule has 0 radical (unpaired) electrons. The Morgan fingerprint density at radius 1 is 1.14 bits per heavy atom. The first-order valence-electron chi connectivity index (χ1n) is 3.78. The van der Waals surface area contributed by atoms with Gasteiger partial charge >= 0.3 is 0 Å². The fraction of sp³-hybridized carbons (Fsp3) is 0.625. The number of carbonyl (C=O) groups excluding carboxylic acids is 3. The number of carbonyl (C=O) groups is 3. The summed E-state index contributed by atoms with van der Waals surface area (Å²) in [7, 11) is 6.82. The quantitative estimate of drug-likeness (QED) is 0.551. The molecular formula is C8H19N3O3. The second kappa shape index (κ2) is 14.0. The van der Waals surface area contributed by atoms with Crippen LogP contribution in [0.2, 0.25) is 0 Å². The third-order valence-corrected chi connectivity index (χ3v) is 0.841. The van der Waals surface area contributed by atoms with Crippen LogP contribution in [-0.2, 0) is 14.4 Å². The molecule has 0 aromatic rings. The lowest BCUT2D eigenvalue weighted by molar-refractivity contribution is -0.126. The Bertz CT molecular complexity index is 158. The highest BCUT2D eigenvalue weighted by Gasteiger charge is 1.87. The average molecular weight is 205 g/mol. The van der Waals surface area contributed by atoms with Gasteiger partial charge in [-0.15, -0.1) is 0 Å². The molecule has 0 spiro atoms. The molecule has 0 atom stereocenters. The van der Waals surface area contributed by atoms with E-state index in [9.17, 15) is 9.59 Å². The topological polar surface area (TPSA) is 83.7 Å². The Morgan fingerprint density at radius 2 is 1.29 bits per heavy atom. The highest BCUT2D eigenvalue weighted by molar-refractivity contribution is 5.72. The van der Waals surface area contributed by atoms with Crippen molar-refractivity contribution in [2.75, 3.05) is 28.2 Å². The summed E-state index contributed by atoms with van der Waals surface area (Å²) in [6.07, 6.45) is 1.00. The van der Waals surface area contributed by atoms with Crippen LogP contribution in [0.5, 0.6) is 0 Å². The Morgan fingerprint density at radius 3 is 1.29 bits per heavy atom. The van der Waals surface area contributed by atoms with Crippen molar-refractivity contribution in [2.24, 2.45) is 5.73 Å². The Hall–Kier alpha value is -1.59. The number of amides is 3. The first-order valence-corrected chi connectivity index (χ1v) is 3.78. The van der Waals surface area contributed by atoms with Gasteiger partial charge in [0.15, 0.2) is 0 Å². The van der Waals surface area contributed by atoms with Gasteiger partial charge < -0.3 is 15.5 Å². The molecule has 2 N–H and O–H groups in total. The monoisotopic (exact) mass is 205 g/mol. The van der Waals surface area contributed by atoms with E-state index in [1.165, 1.54) is 16.7 Å². The van der Waals surface area contributed by atoms with E-state index in [0.29, 0.717) is 0 Å². The van der Waals surface area contributed by atoms with E-state index in [1.54, 1.807) is 28.2 Å². The van der Waals surface area contributed by atoms with E-state index in [0.717, 1.165) is 6.41 Å². The van der Waals surface area contributed by atoms with Crippen molar-refractivity contribution in [3.05, 3.63) is 0 Å². The minimum absolute atomic E-state index is 0.0926. The molecule has 0 saturated heterocycles. The van der Waals surface area contributed by atoms with Crippen LogP contribution in [0.4, 0.5) is 0 Å². The molecule has 0 saturated carbocycles. The maximum atomic E-state index is 10.1. The third kappa shape index (κ3) is 47.4. The van der Waals surface area contributed by atoms with Crippen molar-refractivity contribution >= 4 is 18.7 Å². The molecule has 0 aromatic carbocycles. The van der Waals surface area contributed by atoms with Gasteiger partial charge in [0.2, 0.25) is 18.7 Å². The third-order valence-electron chi connectivity index (χ3n) is 0.841. The van der Waals surface area contributed by atoms with E-state index >= 15 is 0 Å². The summed E-state index contributed by atoms with van der Waals surface area (Å²) in [5.74, 6) is 0.0926. The van der Waals surface area contributed by atoms with Gasteiger partial charge in [-0.2, -0.15) is 0 Å². The summed E-state index contributed by atoms with van der Waals surface area (Å²) in [5, 5.41) is 0. The van der Waals surface area contributed by atoms with Gasteiger partial charge in [0.1, 0.15) is 0 Å². The first kappa shape index (κ1) is 18.2.